The van der Waals surface area contributed by atoms with E-state index in [1.165, 1.54) is 4.88 Å². The van der Waals surface area contributed by atoms with E-state index in [0.717, 1.165) is 24.0 Å². The minimum Gasteiger partial charge on any atom is -0.382 e. The van der Waals surface area contributed by atoms with Gasteiger partial charge in [-0.2, -0.15) is 0 Å². The molecule has 0 aliphatic carbocycles. The van der Waals surface area contributed by atoms with E-state index in [1.807, 2.05) is 0 Å². The van der Waals surface area contributed by atoms with Crippen molar-refractivity contribution >= 4 is 27.3 Å². The summed E-state index contributed by atoms with van der Waals surface area (Å²) in [6.45, 7) is 5.31. The highest BCUT2D eigenvalue weighted by atomic mass is 79.9. The lowest BCUT2D eigenvalue weighted by atomic mass is 10.2. The Hall–Kier alpha value is 0.0600. The molecule has 0 bridgehead atoms. The summed E-state index contributed by atoms with van der Waals surface area (Å²) in [7, 11) is 1.69. The van der Waals surface area contributed by atoms with E-state index in [9.17, 15) is 0 Å². The quantitative estimate of drug-likeness (QED) is 0.708. The van der Waals surface area contributed by atoms with E-state index >= 15 is 0 Å². The third-order valence-corrected chi connectivity index (χ3v) is 4.24. The molecule has 17 heavy (non-hydrogen) atoms. The Morgan fingerprint density at radius 3 is 2.88 bits per heavy atom. The van der Waals surface area contributed by atoms with Crippen molar-refractivity contribution in [1.82, 2.24) is 5.32 Å². The molecule has 1 unspecified atom stereocenters. The second kappa shape index (κ2) is 9.05. The molecule has 0 fully saturated rings. The summed E-state index contributed by atoms with van der Waals surface area (Å²) >= 11 is 5.24. The van der Waals surface area contributed by atoms with Crippen LogP contribution >= 0.6 is 27.3 Å². The molecule has 1 N–H and O–H groups in total. The van der Waals surface area contributed by atoms with Crippen LogP contribution in [-0.4, -0.2) is 33.5 Å². The van der Waals surface area contributed by atoms with E-state index in [0.29, 0.717) is 19.3 Å². The topological polar surface area (TPSA) is 30.5 Å². The molecule has 0 saturated heterocycles. The normalized spacial score (nSPS) is 12.9. The van der Waals surface area contributed by atoms with Crippen LogP contribution in [0.5, 0.6) is 0 Å². The van der Waals surface area contributed by atoms with Crippen LogP contribution in [-0.2, 0) is 9.47 Å². The second-order valence-electron chi connectivity index (χ2n) is 3.80. The van der Waals surface area contributed by atoms with Crippen LogP contribution in [0.25, 0.3) is 0 Å². The van der Waals surface area contributed by atoms with Gasteiger partial charge < -0.3 is 14.8 Å². The van der Waals surface area contributed by atoms with Crippen molar-refractivity contribution in [3.63, 3.8) is 0 Å². The van der Waals surface area contributed by atoms with E-state index < -0.39 is 0 Å². The first kappa shape index (κ1) is 15.1. The molecule has 98 valence electrons. The lowest BCUT2D eigenvalue weighted by Crippen LogP contribution is -2.20. The predicted molar refractivity (Wildman–Crippen MR) is 75.7 cm³/mol. The Kier molecular flexibility index (Phi) is 8.05. The molecule has 0 aliphatic rings. The van der Waals surface area contributed by atoms with Crippen molar-refractivity contribution in [3.05, 3.63) is 20.8 Å². The first-order valence-electron chi connectivity index (χ1n) is 5.78. The molecule has 0 spiro atoms. The summed E-state index contributed by atoms with van der Waals surface area (Å²) in [5.74, 6) is 0. The standard InChI is InChI=1S/C12H20BrNO2S/c1-10(12-8-11(13)9-17-12)14-4-3-5-16-7-6-15-2/h8-10,14H,3-7H2,1-2H3. The van der Waals surface area contributed by atoms with Gasteiger partial charge >= 0.3 is 0 Å². The first-order valence-corrected chi connectivity index (χ1v) is 7.45. The molecule has 1 atom stereocenters. The number of hydrogen-bond donors (Lipinski definition) is 1. The fraction of sp³-hybridized carbons (Fsp3) is 0.667. The molecule has 0 radical (unpaired) electrons. The number of hydrogen-bond acceptors (Lipinski definition) is 4. The molecule has 1 rings (SSSR count). The van der Waals surface area contributed by atoms with E-state index in [1.54, 1.807) is 18.4 Å². The second-order valence-corrected chi connectivity index (χ2v) is 5.66. The Morgan fingerprint density at radius 2 is 2.24 bits per heavy atom. The van der Waals surface area contributed by atoms with Gasteiger partial charge in [-0.15, -0.1) is 11.3 Å². The van der Waals surface area contributed by atoms with Crippen molar-refractivity contribution in [2.45, 2.75) is 19.4 Å². The molecule has 0 aromatic carbocycles. The molecular weight excluding hydrogens is 302 g/mol. The highest BCUT2D eigenvalue weighted by Gasteiger charge is 2.06. The fourth-order valence-electron chi connectivity index (χ4n) is 1.39. The molecule has 3 nitrogen and oxygen atoms in total. The van der Waals surface area contributed by atoms with Gasteiger partial charge in [-0.05, 0) is 41.9 Å². The van der Waals surface area contributed by atoms with Crippen LogP contribution in [0.3, 0.4) is 0 Å². The molecule has 5 heteroatoms. The van der Waals surface area contributed by atoms with Crippen LogP contribution in [0.1, 0.15) is 24.3 Å². The van der Waals surface area contributed by atoms with E-state index in [2.05, 4.69) is 39.6 Å². The largest absolute Gasteiger partial charge is 0.382 e. The summed E-state index contributed by atoms with van der Waals surface area (Å²) in [5, 5.41) is 5.59. The highest BCUT2D eigenvalue weighted by molar-refractivity contribution is 9.10. The van der Waals surface area contributed by atoms with Gasteiger partial charge in [0.05, 0.1) is 13.2 Å². The molecule has 1 aromatic heterocycles. The van der Waals surface area contributed by atoms with Gasteiger partial charge in [-0.3, -0.25) is 0 Å². The average Bonchev–Trinajstić information content (AvgIpc) is 2.74. The third-order valence-electron chi connectivity index (χ3n) is 2.36. The Morgan fingerprint density at radius 1 is 1.41 bits per heavy atom. The van der Waals surface area contributed by atoms with Gasteiger partial charge in [0.2, 0.25) is 0 Å². The van der Waals surface area contributed by atoms with Crippen LogP contribution in [0.4, 0.5) is 0 Å². The maximum absolute atomic E-state index is 5.40. The predicted octanol–water partition coefficient (Wildman–Crippen LogP) is 3.21. The number of ether oxygens (including phenoxy) is 2. The van der Waals surface area contributed by atoms with Gasteiger partial charge in [-0.1, -0.05) is 0 Å². The molecule has 0 amide bonds. The average molecular weight is 322 g/mol. The van der Waals surface area contributed by atoms with Crippen LogP contribution < -0.4 is 5.32 Å². The summed E-state index contributed by atoms with van der Waals surface area (Å²) in [5.41, 5.74) is 0. The summed E-state index contributed by atoms with van der Waals surface area (Å²) < 4.78 is 11.5. The molecule has 0 saturated carbocycles. The minimum absolute atomic E-state index is 0.408. The zero-order chi connectivity index (χ0) is 12.5. The van der Waals surface area contributed by atoms with Crippen LogP contribution in [0, 0.1) is 0 Å². The van der Waals surface area contributed by atoms with Crippen molar-refractivity contribution < 1.29 is 9.47 Å². The third kappa shape index (κ3) is 6.52. The van der Waals surface area contributed by atoms with E-state index in [-0.39, 0.29) is 0 Å². The van der Waals surface area contributed by atoms with Crippen molar-refractivity contribution in [3.8, 4) is 0 Å². The van der Waals surface area contributed by atoms with Crippen molar-refractivity contribution in [2.75, 3.05) is 33.5 Å². The van der Waals surface area contributed by atoms with Crippen LogP contribution in [0.15, 0.2) is 15.9 Å². The lowest BCUT2D eigenvalue weighted by molar-refractivity contribution is 0.0693. The summed E-state index contributed by atoms with van der Waals surface area (Å²) in [4.78, 5) is 1.36. The number of halogens is 1. The molecule has 1 aromatic rings. The minimum atomic E-state index is 0.408. The Bertz CT molecular complexity index is 306. The number of methoxy groups -OCH3 is 1. The summed E-state index contributed by atoms with van der Waals surface area (Å²) in [6.07, 6.45) is 1.03. The first-order chi connectivity index (χ1) is 8.24. The van der Waals surface area contributed by atoms with Gasteiger partial charge in [0.25, 0.3) is 0 Å². The van der Waals surface area contributed by atoms with Gasteiger partial charge in [0.1, 0.15) is 0 Å². The van der Waals surface area contributed by atoms with Gasteiger partial charge in [0, 0.05) is 34.5 Å². The zero-order valence-corrected chi connectivity index (χ0v) is 12.8. The smallest absolute Gasteiger partial charge is 0.0700 e. The van der Waals surface area contributed by atoms with Crippen molar-refractivity contribution in [1.29, 1.82) is 0 Å². The Balaban J connectivity index is 2.03. The number of rotatable bonds is 9. The van der Waals surface area contributed by atoms with Crippen LogP contribution in [0.2, 0.25) is 0 Å². The summed E-state index contributed by atoms with van der Waals surface area (Å²) in [6, 6.07) is 2.57. The number of nitrogens with one attached hydrogen (secondary N) is 1. The molecular formula is C12H20BrNO2S. The molecule has 0 aliphatic heterocycles. The SMILES string of the molecule is COCCOCCCNC(C)c1cc(Br)cs1. The van der Waals surface area contributed by atoms with Crippen molar-refractivity contribution in [2.24, 2.45) is 0 Å². The van der Waals surface area contributed by atoms with Gasteiger partial charge in [0.15, 0.2) is 0 Å². The lowest BCUT2D eigenvalue weighted by Gasteiger charge is -2.11. The highest BCUT2D eigenvalue weighted by Crippen LogP contribution is 2.25. The fourth-order valence-corrected chi connectivity index (χ4v) is 2.87. The monoisotopic (exact) mass is 321 g/mol. The zero-order valence-electron chi connectivity index (χ0n) is 10.4. The number of thiophene rings is 1. The molecule has 1 heterocycles. The van der Waals surface area contributed by atoms with E-state index in [4.69, 9.17) is 9.47 Å². The maximum atomic E-state index is 5.40. The maximum Gasteiger partial charge on any atom is 0.0700 e. The Labute approximate surface area is 116 Å². The van der Waals surface area contributed by atoms with Gasteiger partial charge in [-0.25, -0.2) is 0 Å².